The SMILES string of the molecule is CCOC1=N[C@]23CCCC[C@]12[C@@H]1C=C[C@@H]3[C@H]2C(=O)N(c3ccccc3)C(=O)[C@@H]21. The van der Waals surface area contributed by atoms with Gasteiger partial charge in [-0.15, -0.1) is 0 Å². The van der Waals surface area contributed by atoms with Crippen molar-refractivity contribution in [2.24, 2.45) is 34.1 Å². The first kappa shape index (κ1) is 16.5. The van der Waals surface area contributed by atoms with E-state index >= 15 is 0 Å². The largest absolute Gasteiger partial charge is 0.481 e. The van der Waals surface area contributed by atoms with Gasteiger partial charge in [-0.05, 0) is 31.9 Å². The Morgan fingerprint density at radius 1 is 1.04 bits per heavy atom. The number of carbonyl (C=O) groups excluding carboxylic acids is 2. The molecule has 1 aromatic carbocycles. The number of imide groups is 1. The van der Waals surface area contributed by atoms with E-state index < -0.39 is 0 Å². The van der Waals surface area contributed by atoms with E-state index in [1.165, 1.54) is 4.90 Å². The van der Waals surface area contributed by atoms with Crippen molar-refractivity contribution >= 4 is 23.4 Å². The molecule has 0 unspecified atom stereocenters. The summed E-state index contributed by atoms with van der Waals surface area (Å²) in [6.45, 7) is 2.58. The second kappa shape index (κ2) is 5.34. The second-order valence-corrected chi connectivity index (χ2v) is 8.79. The van der Waals surface area contributed by atoms with E-state index in [9.17, 15) is 9.59 Å². The van der Waals surface area contributed by atoms with Gasteiger partial charge in [-0.2, -0.15) is 0 Å². The van der Waals surface area contributed by atoms with Crippen LogP contribution >= 0.6 is 0 Å². The minimum absolute atomic E-state index is 0.00262. The monoisotopic (exact) mass is 376 g/mol. The van der Waals surface area contributed by atoms with Crippen LogP contribution in [0.5, 0.6) is 0 Å². The number of rotatable bonds is 2. The molecule has 2 amide bonds. The number of anilines is 1. The lowest BCUT2D eigenvalue weighted by atomic mass is 9.37. The van der Waals surface area contributed by atoms with Crippen molar-refractivity contribution in [2.45, 2.75) is 38.1 Å². The Hall–Kier alpha value is -2.43. The fourth-order valence-corrected chi connectivity index (χ4v) is 7.05. The third kappa shape index (κ3) is 1.60. The maximum Gasteiger partial charge on any atom is 0.238 e. The Kier molecular flexibility index (Phi) is 3.15. The first-order chi connectivity index (χ1) is 13.7. The Bertz CT molecular complexity index is 938. The number of aliphatic imine (C=N–C) groups is 1. The Morgan fingerprint density at radius 2 is 1.71 bits per heavy atom. The van der Waals surface area contributed by atoms with Crippen molar-refractivity contribution in [3.8, 4) is 0 Å². The minimum Gasteiger partial charge on any atom is -0.481 e. The molecule has 1 saturated heterocycles. The normalized spacial score (nSPS) is 42.5. The average Bonchev–Trinajstić information content (AvgIpc) is 2.98. The fraction of sp³-hybridized carbons (Fsp3) is 0.522. The molecule has 4 aliphatic carbocycles. The smallest absolute Gasteiger partial charge is 0.238 e. The Balaban J connectivity index is 1.49. The standard InChI is InChI=1S/C23H24N2O3/c1-2-28-21-22-12-6-7-13-23(22,24-21)16-11-10-15(22)17-18(16)20(27)25(19(17)26)14-8-4-3-5-9-14/h3-5,8-11,15-18H,2,6-7,12-13H2,1H3/t15-,16-,17-,18-,22+,23+/m1/s1. The average molecular weight is 376 g/mol. The van der Waals surface area contributed by atoms with Crippen molar-refractivity contribution in [3.63, 3.8) is 0 Å². The van der Waals surface area contributed by atoms with E-state index in [0.717, 1.165) is 31.6 Å². The van der Waals surface area contributed by atoms with Gasteiger partial charge < -0.3 is 4.74 Å². The molecule has 0 aromatic heterocycles. The van der Waals surface area contributed by atoms with Crippen LogP contribution in [-0.2, 0) is 14.3 Å². The summed E-state index contributed by atoms with van der Waals surface area (Å²) in [6.07, 6.45) is 8.67. The first-order valence-corrected chi connectivity index (χ1v) is 10.5. The third-order valence-electron chi connectivity index (χ3n) is 7.95. The summed E-state index contributed by atoms with van der Waals surface area (Å²) in [5.41, 5.74) is 0.242. The third-order valence-corrected chi connectivity index (χ3v) is 7.95. The molecule has 0 N–H and O–H groups in total. The summed E-state index contributed by atoms with van der Waals surface area (Å²) in [5, 5.41) is 0. The predicted molar refractivity (Wildman–Crippen MR) is 105 cm³/mol. The lowest BCUT2D eigenvalue weighted by molar-refractivity contribution is -0.144. The molecule has 0 spiro atoms. The van der Waals surface area contributed by atoms with Gasteiger partial charge in [0, 0.05) is 11.8 Å². The number of amides is 2. The van der Waals surface area contributed by atoms with E-state index in [4.69, 9.17) is 9.73 Å². The predicted octanol–water partition coefficient (Wildman–Crippen LogP) is 3.36. The van der Waals surface area contributed by atoms with Crippen LogP contribution in [0, 0.1) is 29.1 Å². The highest BCUT2D eigenvalue weighted by molar-refractivity contribution is 6.23. The van der Waals surface area contributed by atoms with E-state index in [0.29, 0.717) is 12.3 Å². The van der Waals surface area contributed by atoms with Gasteiger partial charge in [0.15, 0.2) is 5.90 Å². The second-order valence-electron chi connectivity index (χ2n) is 8.79. The molecule has 1 aromatic rings. The highest BCUT2D eigenvalue weighted by atomic mass is 16.5. The van der Waals surface area contributed by atoms with Crippen molar-refractivity contribution in [1.82, 2.24) is 0 Å². The molecule has 6 aliphatic rings. The number of ether oxygens (including phenoxy) is 1. The number of allylic oxidation sites excluding steroid dienone is 1. The van der Waals surface area contributed by atoms with Crippen LogP contribution in [0.2, 0.25) is 0 Å². The molecule has 28 heavy (non-hydrogen) atoms. The number of para-hydroxylation sites is 1. The van der Waals surface area contributed by atoms with E-state index in [1.54, 1.807) is 0 Å². The van der Waals surface area contributed by atoms with Gasteiger partial charge in [0.1, 0.15) is 0 Å². The molecule has 6 atom stereocenters. The molecule has 2 heterocycles. The van der Waals surface area contributed by atoms with E-state index in [-0.39, 0.29) is 46.4 Å². The molecule has 144 valence electrons. The molecule has 5 heteroatoms. The van der Waals surface area contributed by atoms with Crippen LogP contribution in [0.1, 0.15) is 32.6 Å². The van der Waals surface area contributed by atoms with Gasteiger partial charge in [-0.25, -0.2) is 4.99 Å². The van der Waals surface area contributed by atoms with E-state index in [1.807, 2.05) is 37.3 Å². The van der Waals surface area contributed by atoms with Crippen LogP contribution in [0.3, 0.4) is 0 Å². The van der Waals surface area contributed by atoms with Gasteiger partial charge >= 0.3 is 0 Å². The molecular formula is C23H24N2O3. The van der Waals surface area contributed by atoms with Crippen LogP contribution in [0.4, 0.5) is 5.69 Å². The topological polar surface area (TPSA) is 59.0 Å². The Labute approximate surface area is 164 Å². The summed E-state index contributed by atoms with van der Waals surface area (Å²) in [5.74, 6) is 0.168. The van der Waals surface area contributed by atoms with Gasteiger partial charge in [0.05, 0.1) is 35.1 Å². The van der Waals surface area contributed by atoms with E-state index in [2.05, 4.69) is 12.2 Å². The quantitative estimate of drug-likeness (QED) is 0.587. The zero-order valence-corrected chi connectivity index (χ0v) is 16.0. The minimum atomic E-state index is -0.292. The summed E-state index contributed by atoms with van der Waals surface area (Å²) < 4.78 is 5.98. The number of carbonyl (C=O) groups is 2. The van der Waals surface area contributed by atoms with Crippen LogP contribution < -0.4 is 4.90 Å². The lowest BCUT2D eigenvalue weighted by Crippen LogP contribution is -2.75. The van der Waals surface area contributed by atoms with Crippen molar-refractivity contribution in [1.29, 1.82) is 0 Å². The van der Waals surface area contributed by atoms with Gasteiger partial charge in [-0.3, -0.25) is 14.5 Å². The zero-order valence-electron chi connectivity index (χ0n) is 16.0. The Morgan fingerprint density at radius 3 is 2.46 bits per heavy atom. The maximum absolute atomic E-state index is 13.5. The fourth-order valence-electron chi connectivity index (χ4n) is 7.05. The molecule has 0 radical (unpaired) electrons. The molecule has 7 rings (SSSR count). The van der Waals surface area contributed by atoms with Crippen LogP contribution in [-0.4, -0.2) is 29.9 Å². The number of hydrogen-bond acceptors (Lipinski definition) is 4. The van der Waals surface area contributed by atoms with Crippen molar-refractivity contribution in [2.75, 3.05) is 11.5 Å². The molecule has 3 fully saturated rings. The summed E-state index contributed by atoms with van der Waals surface area (Å²) >= 11 is 0. The van der Waals surface area contributed by atoms with Crippen molar-refractivity contribution < 1.29 is 14.3 Å². The summed E-state index contributed by atoms with van der Waals surface area (Å²) in [6, 6.07) is 9.36. The number of hydrogen-bond donors (Lipinski definition) is 0. The van der Waals surface area contributed by atoms with Gasteiger partial charge in [-0.1, -0.05) is 43.2 Å². The highest BCUT2D eigenvalue weighted by Gasteiger charge is 2.79. The first-order valence-electron chi connectivity index (χ1n) is 10.5. The maximum atomic E-state index is 13.5. The number of nitrogens with zero attached hydrogens (tertiary/aromatic N) is 2. The van der Waals surface area contributed by atoms with Gasteiger partial charge in [0.25, 0.3) is 0 Å². The molecular weight excluding hydrogens is 352 g/mol. The molecule has 2 aliphatic heterocycles. The summed E-state index contributed by atoms with van der Waals surface area (Å²) in [4.78, 5) is 33.5. The molecule has 2 saturated carbocycles. The lowest BCUT2D eigenvalue weighted by Gasteiger charge is -2.69. The van der Waals surface area contributed by atoms with Crippen molar-refractivity contribution in [3.05, 3.63) is 42.5 Å². The number of benzene rings is 1. The zero-order chi connectivity index (χ0) is 19.1. The highest BCUT2D eigenvalue weighted by Crippen LogP contribution is 2.72. The summed E-state index contributed by atoms with van der Waals surface area (Å²) in [7, 11) is 0. The van der Waals surface area contributed by atoms with Crippen LogP contribution in [0.15, 0.2) is 47.5 Å². The molecule has 2 bridgehead atoms. The molecule has 5 nitrogen and oxygen atoms in total. The van der Waals surface area contributed by atoms with Gasteiger partial charge in [0.2, 0.25) is 11.8 Å². The van der Waals surface area contributed by atoms with Crippen LogP contribution in [0.25, 0.3) is 0 Å².